The molecule has 0 heterocycles. The second-order valence-electron chi connectivity index (χ2n) is 13.2. The molecule has 2 fully saturated rings. The zero-order valence-corrected chi connectivity index (χ0v) is 25.7. The van der Waals surface area contributed by atoms with Crippen molar-refractivity contribution in [3.05, 3.63) is 29.3 Å². The molecule has 2 saturated carbocycles. The first-order chi connectivity index (χ1) is 16.7. The molecule has 0 saturated heterocycles. The van der Waals surface area contributed by atoms with Crippen molar-refractivity contribution in [2.24, 2.45) is 17.3 Å². The molecule has 0 aromatic heterocycles. The van der Waals surface area contributed by atoms with Crippen LogP contribution >= 0.6 is 22.6 Å². The van der Waals surface area contributed by atoms with Gasteiger partial charge in [-0.1, -0.05) is 56.4 Å². The average molecular weight is 614 g/mol. The van der Waals surface area contributed by atoms with E-state index < -0.39 is 18.3 Å². The summed E-state index contributed by atoms with van der Waals surface area (Å²) in [5.41, 5.74) is 2.29. The Morgan fingerprint density at radius 3 is 2.71 bits per heavy atom. The summed E-state index contributed by atoms with van der Waals surface area (Å²) in [6.45, 7) is 14.4. The number of carbonyl (C=O) groups is 1. The number of amides is 1. The van der Waals surface area contributed by atoms with Gasteiger partial charge in [0, 0.05) is 7.92 Å². The summed E-state index contributed by atoms with van der Waals surface area (Å²) in [5, 5.41) is 14.9. The van der Waals surface area contributed by atoms with Crippen molar-refractivity contribution < 1.29 is 15.7 Å². The summed E-state index contributed by atoms with van der Waals surface area (Å²) in [6, 6.07) is 6.90. The van der Waals surface area contributed by atoms with E-state index in [9.17, 15) is 9.90 Å². The number of fused-ring (bicyclic) bond motifs is 5. The number of benzene rings is 1. The molecule has 6 atom stereocenters. The molecule has 6 heteroatoms. The number of aryl methyl sites for hydroxylation is 1. The molecule has 1 aromatic carbocycles. The van der Waals surface area contributed by atoms with E-state index in [4.69, 9.17) is 5.80 Å². The van der Waals surface area contributed by atoms with Crippen LogP contribution in [0.3, 0.4) is 0 Å². The molecule has 3 aliphatic carbocycles. The van der Waals surface area contributed by atoms with Crippen molar-refractivity contribution in [3.8, 4) is 5.75 Å². The molecule has 3 aliphatic rings. The molecule has 35 heavy (non-hydrogen) atoms. The number of hydrogen-bond donors (Lipinski definition) is 2. The second kappa shape index (κ2) is 9.94. The van der Waals surface area contributed by atoms with Crippen LogP contribution in [0.5, 0.6) is 5.75 Å². The highest BCUT2D eigenvalue weighted by Crippen LogP contribution is 2.65. The van der Waals surface area contributed by atoms with E-state index in [0.29, 0.717) is 24.3 Å². The predicted molar refractivity (Wildman–Crippen MR) is 155 cm³/mol. The van der Waals surface area contributed by atoms with Crippen LogP contribution in [0.4, 0.5) is 0 Å². The summed E-state index contributed by atoms with van der Waals surface area (Å²) < 4.78 is 13.4. The van der Waals surface area contributed by atoms with E-state index in [-0.39, 0.29) is 16.4 Å². The summed E-state index contributed by atoms with van der Waals surface area (Å²) in [7, 11) is -1.86. The zero-order valence-electron chi connectivity index (χ0n) is 23.5. The third-order valence-corrected chi connectivity index (χ3v) is 15.3. The number of nitrogens with one attached hydrogen (secondary N) is 1. The molecular formula is C29H46INO3Si. The molecule has 1 amide bonds. The highest BCUT2D eigenvalue weighted by Gasteiger charge is 2.61. The Morgan fingerprint density at radius 1 is 1.29 bits per heavy atom. The molecule has 4 rings (SSSR count). The van der Waals surface area contributed by atoms with Crippen LogP contribution in [0.25, 0.3) is 0 Å². The van der Waals surface area contributed by atoms with E-state index >= 15 is 0 Å². The standard InChI is InChI=1S/C29H46INO3Si/c1-27(2,3)35(5,6)34-21-9-11-22-20(18-21)8-10-24-23(22)12-15-28(4)25(24)13-16-29(28,33)14-7-17-31-26(32)19-30/h9,11,18,23-25,33H,7-8,10,12-17,19H2,1-6H3,(H,31,32)/t23-,24-,25+,28+,29+/m1/s1/i19T/t19?,23-,24-,25+,28+,29+. The highest BCUT2D eigenvalue weighted by molar-refractivity contribution is 14.1. The van der Waals surface area contributed by atoms with E-state index in [1.165, 1.54) is 17.5 Å². The summed E-state index contributed by atoms with van der Waals surface area (Å²) in [4.78, 5) is 11.7. The summed E-state index contributed by atoms with van der Waals surface area (Å²) in [6.07, 6.45) is 7.97. The Balaban J connectivity index is 1.45. The Hall–Kier alpha value is -0.603. The normalized spacial score (nSPS) is 33.7. The van der Waals surface area contributed by atoms with E-state index in [0.717, 1.165) is 50.7 Å². The van der Waals surface area contributed by atoms with Crippen LogP contribution < -0.4 is 9.74 Å². The lowest BCUT2D eigenvalue weighted by Gasteiger charge is -2.53. The first kappa shape index (κ1) is 26.0. The van der Waals surface area contributed by atoms with Gasteiger partial charge in [0.1, 0.15) is 5.75 Å². The van der Waals surface area contributed by atoms with Crippen LogP contribution in [-0.2, 0) is 11.2 Å². The van der Waals surface area contributed by atoms with Gasteiger partial charge in [-0.15, -0.1) is 0 Å². The van der Waals surface area contributed by atoms with Gasteiger partial charge in [0.05, 0.1) is 10.0 Å². The zero-order chi connectivity index (χ0) is 26.5. The molecule has 1 unspecified atom stereocenters. The number of halogens is 1. The maximum atomic E-state index is 11.9. The van der Waals surface area contributed by atoms with Gasteiger partial charge in [0.25, 0.3) is 0 Å². The van der Waals surface area contributed by atoms with E-state index in [1.807, 2.05) is 22.6 Å². The molecular weight excluding hydrogens is 565 g/mol. The fourth-order valence-corrected chi connectivity index (χ4v) is 8.46. The minimum atomic E-state index is -1.86. The van der Waals surface area contributed by atoms with Gasteiger partial charge in [-0.2, -0.15) is 0 Å². The van der Waals surface area contributed by atoms with Gasteiger partial charge in [-0.05, 0) is 116 Å². The summed E-state index contributed by atoms with van der Waals surface area (Å²) >= 11 is 1.82. The van der Waals surface area contributed by atoms with Crippen molar-refractivity contribution in [1.82, 2.24) is 5.32 Å². The number of aliphatic hydroxyl groups is 1. The maximum Gasteiger partial charge on any atom is 0.250 e. The first-order valence-corrected chi connectivity index (χ1v) is 17.7. The van der Waals surface area contributed by atoms with Crippen molar-refractivity contribution in [2.75, 3.05) is 10.9 Å². The molecule has 0 radical (unpaired) electrons. The monoisotopic (exact) mass is 613 g/mol. The molecule has 0 spiro atoms. The number of alkyl halides is 1. The van der Waals surface area contributed by atoms with Crippen LogP contribution in [0.2, 0.25) is 18.1 Å². The molecule has 196 valence electrons. The third kappa shape index (κ3) is 5.09. The lowest BCUT2D eigenvalue weighted by atomic mass is 9.53. The quantitative estimate of drug-likeness (QED) is 0.151. The van der Waals surface area contributed by atoms with Crippen LogP contribution in [0.15, 0.2) is 18.2 Å². The molecule has 2 N–H and O–H groups in total. The third-order valence-electron chi connectivity index (χ3n) is 10.4. The van der Waals surface area contributed by atoms with Gasteiger partial charge >= 0.3 is 0 Å². The minimum Gasteiger partial charge on any atom is -0.543 e. The van der Waals surface area contributed by atoms with Crippen molar-refractivity contribution in [3.63, 3.8) is 0 Å². The Kier molecular flexibility index (Phi) is 7.39. The van der Waals surface area contributed by atoms with E-state index in [1.54, 1.807) is 0 Å². The number of rotatable bonds is 7. The fraction of sp³-hybridized carbons (Fsp3) is 0.759. The van der Waals surface area contributed by atoms with Gasteiger partial charge in [0.2, 0.25) is 14.2 Å². The second-order valence-corrected chi connectivity index (χ2v) is 18.5. The van der Waals surface area contributed by atoms with Gasteiger partial charge in [-0.3, -0.25) is 4.79 Å². The summed E-state index contributed by atoms with van der Waals surface area (Å²) in [5.74, 6) is 2.59. The highest BCUT2D eigenvalue weighted by atomic mass is 127. The molecule has 1 aromatic rings. The van der Waals surface area contributed by atoms with Gasteiger partial charge in [0.15, 0.2) is 0 Å². The fourth-order valence-electron chi connectivity index (χ4n) is 7.22. The van der Waals surface area contributed by atoms with Crippen LogP contribution in [-0.4, -0.2) is 35.9 Å². The smallest absolute Gasteiger partial charge is 0.250 e. The maximum absolute atomic E-state index is 11.9. The van der Waals surface area contributed by atoms with Crippen molar-refractivity contribution in [1.29, 1.82) is 0 Å². The van der Waals surface area contributed by atoms with Crippen LogP contribution in [0, 0.1) is 17.3 Å². The molecule has 0 bridgehead atoms. The molecule has 4 nitrogen and oxygen atoms in total. The van der Waals surface area contributed by atoms with Gasteiger partial charge < -0.3 is 14.8 Å². The lowest BCUT2D eigenvalue weighted by molar-refractivity contribution is -0.119. The molecule has 0 aliphatic heterocycles. The largest absolute Gasteiger partial charge is 0.543 e. The van der Waals surface area contributed by atoms with Crippen molar-refractivity contribution >= 4 is 36.8 Å². The Labute approximate surface area is 229 Å². The predicted octanol–water partition coefficient (Wildman–Crippen LogP) is 6.99. The van der Waals surface area contributed by atoms with Crippen molar-refractivity contribution in [2.45, 2.75) is 109 Å². The topological polar surface area (TPSA) is 58.6 Å². The SMILES string of the molecule is [3H]C(I)C(=O)NCCC[C@]1(O)CC[C@H]2[C@@H]3CCc4cc(O[Si](C)(C)C(C)(C)C)ccc4[C@H]3CC[C@@]21C. The van der Waals surface area contributed by atoms with Crippen LogP contribution in [0.1, 0.15) is 91.1 Å². The average Bonchev–Trinajstić information content (AvgIpc) is 3.06. The minimum absolute atomic E-state index is 0.0533. The number of hydrogen-bond acceptors (Lipinski definition) is 3. The number of carbonyl (C=O) groups excluding carboxylic acids is 1. The van der Waals surface area contributed by atoms with Gasteiger partial charge in [-0.25, -0.2) is 0 Å². The lowest BCUT2D eigenvalue weighted by Crippen LogP contribution is -2.51. The van der Waals surface area contributed by atoms with E-state index in [2.05, 4.69) is 64.3 Å². The Morgan fingerprint density at radius 2 is 2.03 bits per heavy atom. The first-order valence-electron chi connectivity index (χ1n) is 14.1. The Bertz CT molecular complexity index is 980.